The van der Waals surface area contributed by atoms with Gasteiger partial charge in [0.2, 0.25) is 5.95 Å². The molecule has 0 aromatic carbocycles. The van der Waals surface area contributed by atoms with Gasteiger partial charge < -0.3 is 30.9 Å². The highest BCUT2D eigenvalue weighted by Crippen LogP contribution is 2.58. The highest BCUT2D eigenvalue weighted by Gasteiger charge is 2.54. The Kier molecular flexibility index (Phi) is 7.49. The number of anilines is 2. The lowest BCUT2D eigenvalue weighted by Gasteiger charge is -2.26. The number of ether oxygens (including phenoxy) is 2. The Morgan fingerprint density at radius 1 is 0.956 bits per heavy atom. The number of nitrogens with two attached hydrogens (primary N) is 2. The second kappa shape index (κ2) is 11.0. The van der Waals surface area contributed by atoms with Gasteiger partial charge in [0.1, 0.15) is 42.4 Å². The van der Waals surface area contributed by atoms with Crippen molar-refractivity contribution < 1.29 is 51.1 Å². The Morgan fingerprint density at radius 3 is 2.42 bits per heavy atom. The van der Waals surface area contributed by atoms with Crippen LogP contribution in [0.25, 0.3) is 22.3 Å². The van der Waals surface area contributed by atoms with Crippen molar-refractivity contribution >= 4 is 61.0 Å². The van der Waals surface area contributed by atoms with Gasteiger partial charge in [0.05, 0.1) is 25.9 Å². The van der Waals surface area contributed by atoms with Crippen LogP contribution in [0.1, 0.15) is 12.5 Å². The van der Waals surface area contributed by atoms with Gasteiger partial charge in [0.15, 0.2) is 41.3 Å². The van der Waals surface area contributed by atoms with Gasteiger partial charge in [0.25, 0.3) is 5.56 Å². The maximum Gasteiger partial charge on any atom is 0.472 e. The molecule has 3 aliphatic heterocycles. The molecule has 0 spiro atoms. The highest BCUT2D eigenvalue weighted by atomic mass is 32.7. The number of hydrogen-bond donors (Lipinski definition) is 6. The lowest BCUT2D eigenvalue weighted by atomic mass is 10.1. The second-order valence-corrected chi connectivity index (χ2v) is 14.4. The summed E-state index contributed by atoms with van der Waals surface area (Å²) in [4.78, 5) is 45.1. The molecule has 4 aromatic heterocycles. The van der Waals surface area contributed by atoms with Crippen molar-refractivity contribution in [1.82, 2.24) is 39.0 Å². The van der Waals surface area contributed by atoms with Crippen LogP contribution in [0.5, 0.6) is 0 Å². The van der Waals surface area contributed by atoms with Crippen LogP contribution in [0, 0.1) is 0 Å². The van der Waals surface area contributed by atoms with Crippen molar-refractivity contribution in [3.8, 4) is 0 Å². The molecule has 45 heavy (non-hydrogen) atoms. The summed E-state index contributed by atoms with van der Waals surface area (Å²) in [6.45, 7) is -6.00. The summed E-state index contributed by atoms with van der Waals surface area (Å²) in [5.41, 5.74) is 10.8. The van der Waals surface area contributed by atoms with Crippen LogP contribution >= 0.6 is 26.9 Å². The molecule has 7 N–H and O–H groups in total. The van der Waals surface area contributed by atoms with Crippen LogP contribution in [0.15, 0.2) is 23.8 Å². The van der Waals surface area contributed by atoms with E-state index in [1.165, 1.54) is 15.5 Å². The van der Waals surface area contributed by atoms with E-state index in [4.69, 9.17) is 39.0 Å². The molecule has 6 unspecified atom stereocenters. The SMILES string of the molecule is Nc1nc2c(ncn2[C@@H]2O[C@@H]3COP(=O)(O)OC4C(F)[C@H](n5cnc6c(N)ncnc65)O[C@@H]4COP(=O)(S)OC2C3O)c(=O)[nH]1. The molecule has 21 nitrogen and oxygen atoms in total. The zero-order valence-electron chi connectivity index (χ0n) is 22.3. The largest absolute Gasteiger partial charge is 0.472 e. The van der Waals surface area contributed by atoms with Gasteiger partial charge in [-0.25, -0.2) is 33.5 Å². The van der Waals surface area contributed by atoms with E-state index in [1.54, 1.807) is 0 Å². The fraction of sp³-hybridized carbons (Fsp3) is 0.500. The maximum atomic E-state index is 15.9. The first-order chi connectivity index (χ1) is 21.3. The minimum absolute atomic E-state index is 0.0165. The molecule has 3 fully saturated rings. The number of phosphoric ester groups is 1. The number of fused-ring (bicyclic) bond motifs is 5. The first-order valence-corrected chi connectivity index (χ1v) is 17.1. The van der Waals surface area contributed by atoms with E-state index in [9.17, 15) is 23.9 Å². The van der Waals surface area contributed by atoms with Gasteiger partial charge in [-0.1, -0.05) is 12.2 Å². The second-order valence-electron chi connectivity index (χ2n) is 10.1. The Bertz CT molecular complexity index is 1950. The summed E-state index contributed by atoms with van der Waals surface area (Å²) in [6.07, 6.45) is -9.63. The zero-order chi connectivity index (χ0) is 31.8. The predicted molar refractivity (Wildman–Crippen MR) is 149 cm³/mol. The number of halogens is 1. The average molecular weight is 692 g/mol. The molecule has 3 aliphatic rings. The van der Waals surface area contributed by atoms with E-state index in [2.05, 4.69) is 42.2 Å². The fourth-order valence-electron chi connectivity index (χ4n) is 5.26. The summed E-state index contributed by atoms with van der Waals surface area (Å²) in [6, 6.07) is 0. The Morgan fingerprint density at radius 2 is 1.64 bits per heavy atom. The summed E-state index contributed by atoms with van der Waals surface area (Å²) >= 11 is 4.01. The Balaban J connectivity index is 1.21. The first-order valence-electron chi connectivity index (χ1n) is 12.9. The Labute approximate surface area is 254 Å². The van der Waals surface area contributed by atoms with Crippen LogP contribution in [0.4, 0.5) is 16.2 Å². The third kappa shape index (κ3) is 5.42. The number of hydrogen-bond acceptors (Lipinski definition) is 17. The van der Waals surface area contributed by atoms with E-state index in [-0.39, 0.29) is 34.1 Å². The van der Waals surface area contributed by atoms with Crippen molar-refractivity contribution in [2.75, 3.05) is 24.7 Å². The lowest BCUT2D eigenvalue weighted by molar-refractivity contribution is -0.0619. The molecule has 4 aromatic rings. The van der Waals surface area contributed by atoms with Crippen LogP contribution in [-0.2, 0) is 36.7 Å². The smallest absolute Gasteiger partial charge is 0.387 e. The number of rotatable bonds is 2. The van der Waals surface area contributed by atoms with Gasteiger partial charge >= 0.3 is 14.6 Å². The van der Waals surface area contributed by atoms with Crippen LogP contribution in [0.2, 0.25) is 0 Å². The van der Waals surface area contributed by atoms with E-state index in [1.807, 2.05) is 0 Å². The van der Waals surface area contributed by atoms with Crippen molar-refractivity contribution in [2.45, 2.75) is 49.1 Å². The van der Waals surface area contributed by atoms with E-state index in [0.717, 1.165) is 12.7 Å². The maximum absolute atomic E-state index is 15.9. The number of imidazole rings is 2. The Hall–Kier alpha value is -3.08. The quantitative estimate of drug-likeness (QED) is 0.115. The number of nitrogen functional groups attached to an aromatic ring is 2. The number of aliphatic hydroxyl groups excluding tert-OH is 1. The van der Waals surface area contributed by atoms with Crippen molar-refractivity contribution in [3.63, 3.8) is 0 Å². The molecular weight excluding hydrogens is 669 g/mol. The van der Waals surface area contributed by atoms with Crippen molar-refractivity contribution in [2.24, 2.45) is 0 Å². The molecule has 0 saturated carbocycles. The van der Waals surface area contributed by atoms with Gasteiger partial charge in [-0.2, -0.15) is 4.98 Å². The first kappa shape index (κ1) is 30.6. The number of alkyl halides is 1. The van der Waals surface area contributed by atoms with Crippen LogP contribution in [0.3, 0.4) is 0 Å². The molecule has 25 heteroatoms. The average Bonchev–Trinajstić information content (AvgIpc) is 3.72. The number of nitrogens with zero attached hydrogens (tertiary/aromatic N) is 7. The molecular formula is C20H23FN10O11P2S. The number of nitrogens with one attached hydrogen (secondary N) is 1. The fourth-order valence-corrected chi connectivity index (χ4v) is 7.68. The van der Waals surface area contributed by atoms with Crippen LogP contribution in [-0.4, -0.2) is 98.9 Å². The number of aromatic nitrogens is 8. The van der Waals surface area contributed by atoms with Crippen molar-refractivity contribution in [1.29, 1.82) is 0 Å². The number of thiol groups is 1. The summed E-state index contributed by atoms with van der Waals surface area (Å²) < 4.78 is 77.6. The van der Waals surface area contributed by atoms with Gasteiger partial charge in [-0.3, -0.25) is 37.0 Å². The molecule has 10 atom stereocenters. The monoisotopic (exact) mass is 692 g/mol. The van der Waals surface area contributed by atoms with E-state index in [0.29, 0.717) is 0 Å². The third-order valence-corrected chi connectivity index (χ3v) is 9.88. The molecule has 0 radical (unpaired) electrons. The minimum atomic E-state index is -5.10. The predicted octanol–water partition coefficient (Wildman–Crippen LogP) is -0.427. The van der Waals surface area contributed by atoms with E-state index >= 15 is 4.39 Å². The zero-order valence-corrected chi connectivity index (χ0v) is 25.0. The molecule has 0 amide bonds. The van der Waals surface area contributed by atoms with E-state index < -0.39 is 82.5 Å². The summed E-state index contributed by atoms with van der Waals surface area (Å²) in [7, 11) is -5.10. The topological polar surface area (TPSA) is 289 Å². The van der Waals surface area contributed by atoms with Crippen molar-refractivity contribution in [3.05, 3.63) is 29.3 Å². The number of aromatic amines is 1. The summed E-state index contributed by atoms with van der Waals surface area (Å²) in [5, 5.41) is 11.1. The number of H-pyrrole nitrogens is 1. The van der Waals surface area contributed by atoms with Crippen LogP contribution < -0.4 is 17.0 Å². The van der Waals surface area contributed by atoms with Gasteiger partial charge in [0, 0.05) is 0 Å². The molecule has 7 heterocycles. The normalized spacial score (nSPS) is 37.7. The minimum Gasteiger partial charge on any atom is -0.387 e. The lowest BCUT2D eigenvalue weighted by Crippen LogP contribution is -2.35. The summed E-state index contributed by atoms with van der Waals surface area (Å²) in [5.74, 6) is -0.244. The van der Waals surface area contributed by atoms with Gasteiger partial charge in [-0.05, 0) is 0 Å². The standard InChI is InChI=1S/C20H23FN10O11P2S/c21-8-12-7(40-18(8)30-4-26-9-14(22)24-3-25-15(9)30)2-38-44(36,45)42-13-11(32)6(1-37-43(34,35)41-12)39-19(13)31-5-27-10-16(31)28-20(23)29-17(10)33/h3-8,11-13,18-19,32H,1-2H2,(H,34,35)(H,36,45)(H2,22,24,25)(H3,23,28,29,33)/t6-,7-,8?,11?,12?,13?,18-,19-,44?/m1/s1. The highest BCUT2D eigenvalue weighted by molar-refractivity contribution is 8.44. The van der Waals surface area contributed by atoms with Gasteiger partial charge in [-0.15, -0.1) is 0 Å². The number of phosphoric acid groups is 1. The molecule has 7 rings (SSSR count). The molecule has 3 saturated heterocycles. The number of aliphatic hydroxyl groups is 1. The molecule has 0 aliphatic carbocycles. The molecule has 2 bridgehead atoms. The third-order valence-electron chi connectivity index (χ3n) is 7.28. The molecule has 242 valence electrons.